The lowest BCUT2D eigenvalue weighted by molar-refractivity contribution is 0.174. The number of fused-ring (bicyclic) bond motifs is 1. The number of nitrogens with zero attached hydrogens (tertiary/aromatic N) is 3. The maximum Gasteiger partial charge on any atom is 0.277 e. The Bertz CT molecular complexity index is 1160. The van der Waals surface area contributed by atoms with Gasteiger partial charge in [0.1, 0.15) is 0 Å². The van der Waals surface area contributed by atoms with Gasteiger partial charge in [-0.05, 0) is 36.8 Å². The van der Waals surface area contributed by atoms with Crippen molar-refractivity contribution in [3.63, 3.8) is 0 Å². The number of benzene rings is 2. The minimum Gasteiger partial charge on any atom is -0.454 e. The summed E-state index contributed by atoms with van der Waals surface area (Å²) in [5.41, 5.74) is 4.00. The van der Waals surface area contributed by atoms with Gasteiger partial charge in [0.15, 0.2) is 16.6 Å². The van der Waals surface area contributed by atoms with Crippen molar-refractivity contribution in [3.8, 4) is 23.0 Å². The molecule has 0 fully saturated rings. The molecule has 2 aromatic carbocycles. The molecule has 0 aliphatic carbocycles. The fourth-order valence-corrected chi connectivity index (χ4v) is 4.29. The van der Waals surface area contributed by atoms with Crippen LogP contribution in [-0.4, -0.2) is 22.0 Å². The molecule has 0 spiro atoms. The van der Waals surface area contributed by atoms with Crippen LogP contribution in [0.1, 0.15) is 11.3 Å². The highest BCUT2D eigenvalue weighted by atomic mass is 32.2. The third kappa shape index (κ3) is 3.92. The Morgan fingerprint density at radius 3 is 2.93 bits per heavy atom. The lowest BCUT2D eigenvalue weighted by Crippen LogP contribution is -1.92. The van der Waals surface area contributed by atoms with Crippen molar-refractivity contribution in [1.29, 1.82) is 0 Å². The number of hydrogen-bond donors (Lipinski definition) is 1. The highest BCUT2D eigenvalue weighted by Gasteiger charge is 2.17. The number of rotatable bonds is 6. The number of ether oxygens (including phenoxy) is 2. The molecule has 7 nitrogen and oxygen atoms in total. The van der Waals surface area contributed by atoms with Crippen molar-refractivity contribution in [1.82, 2.24) is 15.2 Å². The molecule has 4 aromatic rings. The molecule has 1 aliphatic rings. The van der Waals surface area contributed by atoms with E-state index in [2.05, 4.69) is 33.5 Å². The van der Waals surface area contributed by atoms with E-state index in [9.17, 15) is 0 Å². The lowest BCUT2D eigenvalue weighted by atomic mass is 10.2. The van der Waals surface area contributed by atoms with Crippen LogP contribution in [-0.2, 0) is 5.75 Å². The molecular weight excluding hydrogens is 408 g/mol. The second-order valence-corrected chi connectivity index (χ2v) is 8.10. The predicted molar refractivity (Wildman–Crippen MR) is 112 cm³/mol. The van der Waals surface area contributed by atoms with E-state index in [1.807, 2.05) is 41.8 Å². The maximum absolute atomic E-state index is 5.77. The molecule has 1 aliphatic heterocycles. The standard InChI is InChI=1S/C20H16N4O3S2/c1-12-4-2-3-5-15(12)22-19-21-14(9-28-19)10-29-20-24-23-18(27-20)13-6-7-16-17(8-13)26-11-25-16/h2-9H,10-11H2,1H3,(H,21,22). The zero-order chi connectivity index (χ0) is 19.6. The van der Waals surface area contributed by atoms with Crippen LogP contribution in [0, 0.1) is 6.92 Å². The number of anilines is 2. The zero-order valence-corrected chi connectivity index (χ0v) is 17.0. The highest BCUT2D eigenvalue weighted by Crippen LogP contribution is 2.36. The number of aromatic nitrogens is 3. The van der Waals surface area contributed by atoms with E-state index >= 15 is 0 Å². The summed E-state index contributed by atoms with van der Waals surface area (Å²) < 4.78 is 16.5. The van der Waals surface area contributed by atoms with Crippen molar-refractivity contribution < 1.29 is 13.9 Å². The average Bonchev–Trinajstić information content (AvgIpc) is 3.48. The Balaban J connectivity index is 1.22. The molecule has 9 heteroatoms. The Kier molecular flexibility index (Phi) is 4.82. The maximum atomic E-state index is 5.77. The second-order valence-electron chi connectivity index (χ2n) is 6.31. The summed E-state index contributed by atoms with van der Waals surface area (Å²) in [6.45, 7) is 2.30. The minimum atomic E-state index is 0.234. The first kappa shape index (κ1) is 18.0. The van der Waals surface area contributed by atoms with Crippen molar-refractivity contribution in [2.75, 3.05) is 12.1 Å². The van der Waals surface area contributed by atoms with Gasteiger partial charge in [0.2, 0.25) is 12.7 Å². The van der Waals surface area contributed by atoms with Crippen LogP contribution < -0.4 is 14.8 Å². The summed E-state index contributed by atoms with van der Waals surface area (Å²) in [6.07, 6.45) is 0. The summed E-state index contributed by atoms with van der Waals surface area (Å²) in [5, 5.41) is 15.0. The fraction of sp³-hybridized carbons (Fsp3) is 0.150. The van der Waals surface area contributed by atoms with Crippen molar-refractivity contribution >= 4 is 33.9 Å². The Hall–Kier alpha value is -3.04. The number of nitrogens with one attached hydrogen (secondary N) is 1. The van der Waals surface area contributed by atoms with Crippen LogP contribution in [0.2, 0.25) is 0 Å². The van der Waals surface area contributed by atoms with E-state index in [4.69, 9.17) is 13.9 Å². The van der Waals surface area contributed by atoms with Crippen LogP contribution >= 0.6 is 23.1 Å². The highest BCUT2D eigenvalue weighted by molar-refractivity contribution is 7.98. The van der Waals surface area contributed by atoms with Gasteiger partial charge in [-0.25, -0.2) is 4.98 Å². The molecule has 1 N–H and O–H groups in total. The molecule has 2 aromatic heterocycles. The first-order valence-electron chi connectivity index (χ1n) is 8.88. The molecule has 0 atom stereocenters. The van der Waals surface area contributed by atoms with Gasteiger partial charge < -0.3 is 19.2 Å². The summed E-state index contributed by atoms with van der Waals surface area (Å²) in [7, 11) is 0. The van der Waals surface area contributed by atoms with E-state index in [0.29, 0.717) is 22.6 Å². The van der Waals surface area contributed by atoms with E-state index in [1.54, 1.807) is 11.3 Å². The largest absolute Gasteiger partial charge is 0.454 e. The number of hydrogen-bond acceptors (Lipinski definition) is 9. The summed E-state index contributed by atoms with van der Waals surface area (Å²) in [6, 6.07) is 13.7. The van der Waals surface area contributed by atoms with Gasteiger partial charge in [-0.1, -0.05) is 30.0 Å². The van der Waals surface area contributed by atoms with Crippen molar-refractivity contribution in [3.05, 3.63) is 59.1 Å². The SMILES string of the molecule is Cc1ccccc1Nc1nc(CSc2nnc(-c3ccc4c(c3)OCO4)o2)cs1. The molecule has 0 saturated heterocycles. The fourth-order valence-electron chi connectivity index (χ4n) is 2.81. The van der Waals surface area contributed by atoms with Gasteiger partial charge in [0, 0.05) is 22.4 Å². The molecule has 0 saturated carbocycles. The second kappa shape index (κ2) is 7.76. The van der Waals surface area contributed by atoms with E-state index < -0.39 is 0 Å². The predicted octanol–water partition coefficient (Wildman–Crippen LogP) is 5.27. The quantitative estimate of drug-likeness (QED) is 0.419. The molecule has 0 amide bonds. The Labute approximate surface area is 175 Å². The van der Waals surface area contributed by atoms with Crippen LogP contribution in [0.25, 0.3) is 11.5 Å². The molecule has 146 valence electrons. The van der Waals surface area contributed by atoms with Crippen LogP contribution in [0.4, 0.5) is 10.8 Å². The van der Waals surface area contributed by atoms with Crippen LogP contribution in [0.5, 0.6) is 11.5 Å². The summed E-state index contributed by atoms with van der Waals surface area (Å²) in [4.78, 5) is 4.63. The molecular formula is C20H16N4O3S2. The van der Waals surface area contributed by atoms with Crippen LogP contribution in [0.3, 0.4) is 0 Å². The topological polar surface area (TPSA) is 82.3 Å². The third-order valence-corrected chi connectivity index (χ3v) is 5.97. The van der Waals surface area contributed by atoms with Crippen molar-refractivity contribution in [2.24, 2.45) is 0 Å². The first-order chi connectivity index (χ1) is 14.2. The summed E-state index contributed by atoms with van der Waals surface area (Å²) >= 11 is 3.03. The van der Waals surface area contributed by atoms with Gasteiger partial charge >= 0.3 is 0 Å². The number of aryl methyl sites for hydroxylation is 1. The minimum absolute atomic E-state index is 0.234. The van der Waals surface area contributed by atoms with Gasteiger partial charge in [0.05, 0.1) is 5.69 Å². The smallest absolute Gasteiger partial charge is 0.277 e. The van der Waals surface area contributed by atoms with Crippen molar-refractivity contribution in [2.45, 2.75) is 17.9 Å². The molecule has 0 bridgehead atoms. The molecule has 5 rings (SSSR count). The van der Waals surface area contributed by atoms with E-state index in [1.165, 1.54) is 17.3 Å². The van der Waals surface area contributed by atoms with Gasteiger partial charge in [0.25, 0.3) is 5.22 Å². The normalized spacial score (nSPS) is 12.3. The lowest BCUT2D eigenvalue weighted by Gasteiger charge is -2.05. The average molecular weight is 425 g/mol. The van der Waals surface area contributed by atoms with Crippen LogP contribution in [0.15, 0.2) is 57.5 Å². The molecule has 29 heavy (non-hydrogen) atoms. The Morgan fingerprint density at radius 2 is 2.00 bits per heavy atom. The molecule has 3 heterocycles. The van der Waals surface area contributed by atoms with Gasteiger partial charge in [-0.15, -0.1) is 21.5 Å². The van der Waals surface area contributed by atoms with Gasteiger partial charge in [-0.2, -0.15) is 0 Å². The van der Waals surface area contributed by atoms with Gasteiger partial charge in [-0.3, -0.25) is 0 Å². The molecule has 0 radical (unpaired) electrons. The number of thioether (sulfide) groups is 1. The zero-order valence-electron chi connectivity index (χ0n) is 15.4. The van der Waals surface area contributed by atoms with E-state index in [-0.39, 0.29) is 6.79 Å². The third-order valence-electron chi connectivity index (χ3n) is 4.31. The Morgan fingerprint density at radius 1 is 1.10 bits per heavy atom. The number of thiazole rings is 1. The molecule has 0 unspecified atom stereocenters. The summed E-state index contributed by atoms with van der Waals surface area (Å²) in [5.74, 6) is 2.51. The monoisotopic (exact) mass is 424 g/mol. The van der Waals surface area contributed by atoms with E-state index in [0.717, 1.165) is 27.8 Å². The first-order valence-corrected chi connectivity index (χ1v) is 10.7. The number of para-hydroxylation sites is 1.